The molecule has 0 unspecified atom stereocenters. The number of nitrogens with two attached hydrogens (primary N) is 1. The molecule has 45 heavy (non-hydrogen) atoms. The Balaban J connectivity index is 1.25. The standard InChI is InChI=1S/C33H42N10O2/c1-5-41-8-10-42(11-9-41)26-17-23(16-24(18-26)33(3,4)34)31(44)38-25-7-6-22(2)27(19-25)39-30-29-28(36-21-37-30)20-35-32(40-29)43-12-14-45-15-13-43/h6-7,16-21H,5,8-15,34H2,1-4H3,(H,38,44)(H,36,37,39). The van der Waals surface area contributed by atoms with E-state index in [0.717, 1.165) is 68.3 Å². The van der Waals surface area contributed by atoms with E-state index in [1.807, 2.05) is 51.1 Å². The van der Waals surface area contributed by atoms with Gasteiger partial charge in [0.2, 0.25) is 5.95 Å². The van der Waals surface area contributed by atoms with Gasteiger partial charge in [-0.15, -0.1) is 0 Å². The number of nitrogens with one attached hydrogen (secondary N) is 2. The minimum absolute atomic E-state index is 0.195. The molecule has 0 saturated carbocycles. The van der Waals surface area contributed by atoms with Gasteiger partial charge in [-0.2, -0.15) is 0 Å². The van der Waals surface area contributed by atoms with Gasteiger partial charge in [0.25, 0.3) is 5.91 Å². The molecule has 12 heteroatoms. The van der Waals surface area contributed by atoms with Gasteiger partial charge in [0.05, 0.1) is 19.4 Å². The molecule has 0 bridgehead atoms. The topological polar surface area (TPSA) is 138 Å². The van der Waals surface area contributed by atoms with Crippen LogP contribution < -0.4 is 26.2 Å². The maximum atomic E-state index is 13.7. The minimum Gasteiger partial charge on any atom is -0.378 e. The van der Waals surface area contributed by atoms with Gasteiger partial charge in [0, 0.05) is 67.4 Å². The zero-order valence-electron chi connectivity index (χ0n) is 26.5. The van der Waals surface area contributed by atoms with Crippen LogP contribution in [0.2, 0.25) is 0 Å². The molecule has 2 aliphatic heterocycles. The number of anilines is 5. The van der Waals surface area contributed by atoms with E-state index in [1.165, 1.54) is 6.33 Å². The van der Waals surface area contributed by atoms with Crippen LogP contribution in [0.1, 0.15) is 42.3 Å². The molecule has 4 aromatic rings. The molecule has 236 valence electrons. The first-order valence-corrected chi connectivity index (χ1v) is 15.6. The SMILES string of the molecule is CCN1CCN(c2cc(C(=O)Nc3ccc(C)c(Nc4ncnc5cnc(N6CCOCC6)nc45)c3)cc(C(C)(C)N)c2)CC1. The number of nitrogens with zero attached hydrogens (tertiary/aromatic N) is 7. The lowest BCUT2D eigenvalue weighted by molar-refractivity contribution is 0.102. The van der Waals surface area contributed by atoms with Crippen molar-refractivity contribution in [3.63, 3.8) is 0 Å². The maximum absolute atomic E-state index is 13.7. The zero-order chi connectivity index (χ0) is 31.6. The molecule has 6 rings (SSSR count). The summed E-state index contributed by atoms with van der Waals surface area (Å²) in [6, 6.07) is 11.8. The first-order valence-electron chi connectivity index (χ1n) is 15.6. The van der Waals surface area contributed by atoms with Crippen LogP contribution in [-0.4, -0.2) is 89.8 Å². The van der Waals surface area contributed by atoms with E-state index in [4.69, 9.17) is 15.5 Å². The van der Waals surface area contributed by atoms with Gasteiger partial charge in [-0.05, 0) is 68.8 Å². The van der Waals surface area contributed by atoms with Gasteiger partial charge in [-0.3, -0.25) is 4.79 Å². The highest BCUT2D eigenvalue weighted by atomic mass is 16.5. The number of aryl methyl sites for hydroxylation is 1. The fourth-order valence-electron chi connectivity index (χ4n) is 5.64. The Morgan fingerprint density at radius 3 is 2.49 bits per heavy atom. The molecule has 2 aromatic carbocycles. The second-order valence-corrected chi connectivity index (χ2v) is 12.2. The zero-order valence-corrected chi connectivity index (χ0v) is 26.5. The van der Waals surface area contributed by atoms with Crippen LogP contribution in [0.5, 0.6) is 0 Å². The quantitative estimate of drug-likeness (QED) is 0.268. The van der Waals surface area contributed by atoms with E-state index in [0.29, 0.717) is 47.3 Å². The summed E-state index contributed by atoms with van der Waals surface area (Å²) in [5, 5.41) is 6.53. The molecule has 0 atom stereocenters. The van der Waals surface area contributed by atoms with Crippen molar-refractivity contribution >= 4 is 45.8 Å². The number of carbonyl (C=O) groups excluding carboxylic acids is 1. The van der Waals surface area contributed by atoms with Crippen LogP contribution in [-0.2, 0) is 10.3 Å². The van der Waals surface area contributed by atoms with Crippen LogP contribution in [0.4, 0.5) is 28.8 Å². The Labute approximate surface area is 264 Å². The number of benzene rings is 2. The Hall–Kier alpha value is -4.39. The molecule has 4 N–H and O–H groups in total. The van der Waals surface area contributed by atoms with Crippen molar-refractivity contribution in [2.45, 2.75) is 33.2 Å². The van der Waals surface area contributed by atoms with Crippen LogP contribution in [0.3, 0.4) is 0 Å². The number of carbonyl (C=O) groups is 1. The normalized spacial score (nSPS) is 16.2. The number of aromatic nitrogens is 4. The van der Waals surface area contributed by atoms with Crippen molar-refractivity contribution < 1.29 is 9.53 Å². The predicted octanol–water partition coefficient (Wildman–Crippen LogP) is 3.90. The first-order chi connectivity index (χ1) is 21.7. The fraction of sp³-hybridized carbons (Fsp3) is 0.424. The Morgan fingerprint density at radius 1 is 0.978 bits per heavy atom. The van der Waals surface area contributed by atoms with Gasteiger partial charge in [-0.1, -0.05) is 13.0 Å². The molecular weight excluding hydrogens is 568 g/mol. The third kappa shape index (κ3) is 6.98. The molecule has 0 aliphatic carbocycles. The number of hydrogen-bond acceptors (Lipinski definition) is 11. The monoisotopic (exact) mass is 610 g/mol. The summed E-state index contributed by atoms with van der Waals surface area (Å²) in [6.45, 7) is 15.7. The van der Waals surface area contributed by atoms with Gasteiger partial charge >= 0.3 is 0 Å². The summed E-state index contributed by atoms with van der Waals surface area (Å²) in [7, 11) is 0. The molecule has 12 nitrogen and oxygen atoms in total. The van der Waals surface area contributed by atoms with Crippen LogP contribution in [0.15, 0.2) is 48.9 Å². The number of rotatable bonds is 8. The van der Waals surface area contributed by atoms with Crippen molar-refractivity contribution in [1.82, 2.24) is 24.8 Å². The van der Waals surface area contributed by atoms with Crippen molar-refractivity contribution in [1.29, 1.82) is 0 Å². The van der Waals surface area contributed by atoms with Crippen molar-refractivity contribution in [2.75, 3.05) is 79.5 Å². The maximum Gasteiger partial charge on any atom is 0.255 e. The van der Waals surface area contributed by atoms with E-state index >= 15 is 0 Å². The van der Waals surface area contributed by atoms with Crippen molar-refractivity contribution in [3.05, 3.63) is 65.6 Å². The Bertz CT molecular complexity index is 1670. The summed E-state index contributed by atoms with van der Waals surface area (Å²) in [5.74, 6) is 0.991. The predicted molar refractivity (Wildman–Crippen MR) is 179 cm³/mol. The summed E-state index contributed by atoms with van der Waals surface area (Å²) in [6.07, 6.45) is 3.22. The summed E-state index contributed by atoms with van der Waals surface area (Å²) in [5.41, 5.74) is 12.2. The average Bonchev–Trinajstić information content (AvgIpc) is 3.06. The molecule has 0 radical (unpaired) electrons. The number of fused-ring (bicyclic) bond motifs is 1. The lowest BCUT2D eigenvalue weighted by Gasteiger charge is -2.36. The Morgan fingerprint density at radius 2 is 1.76 bits per heavy atom. The highest BCUT2D eigenvalue weighted by Crippen LogP contribution is 2.30. The summed E-state index contributed by atoms with van der Waals surface area (Å²) < 4.78 is 5.48. The van der Waals surface area contributed by atoms with Crippen LogP contribution >= 0.6 is 0 Å². The number of piperazine rings is 1. The number of likely N-dealkylation sites (N-methyl/N-ethyl adjacent to an activating group) is 1. The van der Waals surface area contributed by atoms with E-state index in [2.05, 4.69) is 53.3 Å². The van der Waals surface area contributed by atoms with E-state index in [9.17, 15) is 4.79 Å². The number of amides is 1. The van der Waals surface area contributed by atoms with E-state index in [1.54, 1.807) is 6.20 Å². The third-order valence-corrected chi connectivity index (χ3v) is 8.52. The number of hydrogen-bond donors (Lipinski definition) is 3. The van der Waals surface area contributed by atoms with Gasteiger partial charge in [-0.25, -0.2) is 19.9 Å². The van der Waals surface area contributed by atoms with E-state index < -0.39 is 5.54 Å². The van der Waals surface area contributed by atoms with Gasteiger partial charge < -0.3 is 35.8 Å². The minimum atomic E-state index is -0.595. The third-order valence-electron chi connectivity index (χ3n) is 8.52. The lowest BCUT2D eigenvalue weighted by Crippen LogP contribution is -2.46. The second kappa shape index (κ2) is 12.9. The molecule has 2 saturated heterocycles. The largest absolute Gasteiger partial charge is 0.378 e. The van der Waals surface area contributed by atoms with Crippen molar-refractivity contribution in [2.24, 2.45) is 5.73 Å². The van der Waals surface area contributed by atoms with E-state index in [-0.39, 0.29) is 5.91 Å². The molecule has 2 fully saturated rings. The summed E-state index contributed by atoms with van der Waals surface area (Å²) >= 11 is 0. The summed E-state index contributed by atoms with van der Waals surface area (Å²) in [4.78, 5) is 38.8. The molecule has 0 spiro atoms. The number of morpholine rings is 1. The highest BCUT2D eigenvalue weighted by Gasteiger charge is 2.23. The van der Waals surface area contributed by atoms with Crippen LogP contribution in [0.25, 0.3) is 11.0 Å². The molecule has 1 amide bonds. The fourth-order valence-corrected chi connectivity index (χ4v) is 5.64. The van der Waals surface area contributed by atoms with Crippen LogP contribution in [0, 0.1) is 6.92 Å². The average molecular weight is 611 g/mol. The lowest BCUT2D eigenvalue weighted by atomic mass is 9.92. The Kier molecular flexibility index (Phi) is 8.79. The molecule has 4 heterocycles. The number of ether oxygens (including phenoxy) is 1. The highest BCUT2D eigenvalue weighted by molar-refractivity contribution is 6.05. The first kappa shape index (κ1) is 30.6. The molecule has 2 aliphatic rings. The molecular formula is C33H42N10O2. The smallest absolute Gasteiger partial charge is 0.255 e. The van der Waals surface area contributed by atoms with Gasteiger partial charge in [0.15, 0.2) is 5.82 Å². The second-order valence-electron chi connectivity index (χ2n) is 12.2. The molecule has 2 aromatic heterocycles. The van der Waals surface area contributed by atoms with Gasteiger partial charge in [0.1, 0.15) is 17.4 Å². The van der Waals surface area contributed by atoms with Crippen molar-refractivity contribution in [3.8, 4) is 0 Å².